The van der Waals surface area contributed by atoms with Crippen molar-refractivity contribution >= 4 is 17.3 Å². The second-order valence-electron chi connectivity index (χ2n) is 6.07. The van der Waals surface area contributed by atoms with E-state index in [-0.39, 0.29) is 0 Å². The van der Waals surface area contributed by atoms with E-state index in [0.29, 0.717) is 12.6 Å². The number of hydrogen-bond acceptors (Lipinski definition) is 3. The zero-order valence-electron chi connectivity index (χ0n) is 14.3. The van der Waals surface area contributed by atoms with Crippen LogP contribution in [0.3, 0.4) is 0 Å². The Morgan fingerprint density at radius 3 is 2.62 bits per heavy atom. The van der Waals surface area contributed by atoms with Crippen molar-refractivity contribution in [2.24, 2.45) is 4.99 Å². The molecule has 4 nitrogen and oxygen atoms in total. The first-order chi connectivity index (χ1) is 11.7. The molecule has 2 N–H and O–H groups in total. The van der Waals surface area contributed by atoms with Crippen LogP contribution in [-0.2, 0) is 13.1 Å². The number of rotatable bonds is 6. The van der Waals surface area contributed by atoms with Gasteiger partial charge in [-0.25, -0.2) is 0 Å². The predicted octanol–water partition coefficient (Wildman–Crippen LogP) is 3.85. The Balaban J connectivity index is 1.53. The monoisotopic (exact) mass is 343 g/mol. The average molecular weight is 343 g/mol. The van der Waals surface area contributed by atoms with Crippen molar-refractivity contribution in [3.05, 3.63) is 51.7 Å². The Hall–Kier alpha value is -2.01. The van der Waals surface area contributed by atoms with E-state index in [0.717, 1.165) is 18.3 Å². The summed E-state index contributed by atoms with van der Waals surface area (Å²) in [6.45, 7) is 3.62. The van der Waals surface area contributed by atoms with Crippen LogP contribution in [0.25, 0.3) is 0 Å². The molecule has 1 aromatic carbocycles. The highest BCUT2D eigenvalue weighted by Gasteiger charge is 2.20. The van der Waals surface area contributed by atoms with E-state index in [1.807, 2.05) is 17.4 Å². The Labute approximate surface area is 148 Å². The summed E-state index contributed by atoms with van der Waals surface area (Å²) >= 11 is 1.81. The van der Waals surface area contributed by atoms with Gasteiger partial charge >= 0.3 is 0 Å². The summed E-state index contributed by atoms with van der Waals surface area (Å²) in [6.07, 6.45) is 4.02. The van der Waals surface area contributed by atoms with E-state index in [1.54, 1.807) is 7.05 Å². The molecule has 1 heterocycles. The minimum atomic E-state index is 0.394. The molecular formula is C19H25N3OS. The normalized spacial score (nSPS) is 15.0. The Kier molecular flexibility index (Phi) is 5.75. The number of para-hydroxylation sites is 1. The maximum Gasteiger partial charge on any atom is 0.191 e. The van der Waals surface area contributed by atoms with Crippen LogP contribution in [-0.4, -0.2) is 19.1 Å². The summed E-state index contributed by atoms with van der Waals surface area (Å²) in [5.41, 5.74) is 1.17. The van der Waals surface area contributed by atoms with Crippen LogP contribution in [0.4, 0.5) is 0 Å². The van der Waals surface area contributed by atoms with E-state index in [2.05, 4.69) is 52.9 Å². The molecule has 0 saturated heterocycles. The molecule has 1 aromatic heterocycles. The third-order valence-corrected chi connectivity index (χ3v) is 5.22. The molecule has 1 fully saturated rings. The molecule has 0 unspecified atom stereocenters. The van der Waals surface area contributed by atoms with Crippen molar-refractivity contribution in [1.82, 2.24) is 10.6 Å². The fourth-order valence-electron chi connectivity index (χ4n) is 2.58. The largest absolute Gasteiger partial charge is 0.490 e. The summed E-state index contributed by atoms with van der Waals surface area (Å²) in [5, 5.41) is 6.74. The van der Waals surface area contributed by atoms with E-state index in [1.165, 1.54) is 34.6 Å². The highest BCUT2D eigenvalue weighted by atomic mass is 32.1. The smallest absolute Gasteiger partial charge is 0.191 e. The number of hydrogen-bond donors (Lipinski definition) is 2. The second kappa shape index (κ2) is 8.20. The van der Waals surface area contributed by atoms with Gasteiger partial charge in [0.15, 0.2) is 5.96 Å². The predicted molar refractivity (Wildman–Crippen MR) is 101 cm³/mol. The topological polar surface area (TPSA) is 45.7 Å². The average Bonchev–Trinajstić information content (AvgIpc) is 2.97. The third-order valence-electron chi connectivity index (χ3n) is 4.21. The van der Waals surface area contributed by atoms with Crippen molar-refractivity contribution in [3.63, 3.8) is 0 Å². The molecule has 2 aromatic rings. The molecular weight excluding hydrogens is 318 g/mol. The van der Waals surface area contributed by atoms with Gasteiger partial charge in [0.25, 0.3) is 0 Å². The van der Waals surface area contributed by atoms with Gasteiger partial charge in [0, 0.05) is 28.9 Å². The molecule has 5 heteroatoms. The van der Waals surface area contributed by atoms with E-state index in [9.17, 15) is 0 Å². The molecule has 0 bridgehead atoms. The molecule has 128 valence electrons. The lowest BCUT2D eigenvalue weighted by atomic mass is 9.96. The SMILES string of the molecule is CN=C(NCc1ccc(C)s1)NCc1ccccc1OC1CCC1. The van der Waals surface area contributed by atoms with Crippen LogP contribution >= 0.6 is 11.3 Å². The quantitative estimate of drug-likeness (QED) is 0.618. The highest BCUT2D eigenvalue weighted by molar-refractivity contribution is 7.11. The molecule has 1 saturated carbocycles. The molecule has 0 amide bonds. The number of ether oxygens (including phenoxy) is 1. The molecule has 0 spiro atoms. The first kappa shape index (κ1) is 16.8. The van der Waals surface area contributed by atoms with Crippen molar-refractivity contribution in [2.75, 3.05) is 7.05 Å². The lowest BCUT2D eigenvalue weighted by Gasteiger charge is -2.27. The lowest BCUT2D eigenvalue weighted by Crippen LogP contribution is -2.36. The minimum Gasteiger partial charge on any atom is -0.490 e. The van der Waals surface area contributed by atoms with Crippen molar-refractivity contribution < 1.29 is 4.74 Å². The zero-order chi connectivity index (χ0) is 16.8. The lowest BCUT2D eigenvalue weighted by molar-refractivity contribution is 0.119. The van der Waals surface area contributed by atoms with Crippen molar-refractivity contribution in [2.45, 2.75) is 45.4 Å². The Morgan fingerprint density at radius 1 is 1.17 bits per heavy atom. The molecule has 0 radical (unpaired) electrons. The fraction of sp³-hybridized carbons (Fsp3) is 0.421. The standard InChI is InChI=1S/C19H25N3OS/c1-14-10-11-17(24-14)13-22-19(20-2)21-12-15-6-3-4-9-18(15)23-16-7-5-8-16/h3-4,6,9-11,16H,5,7-8,12-13H2,1-2H3,(H2,20,21,22). The second-order valence-corrected chi connectivity index (χ2v) is 7.44. The first-order valence-corrected chi connectivity index (χ1v) is 9.30. The van der Waals surface area contributed by atoms with Crippen LogP contribution < -0.4 is 15.4 Å². The number of benzene rings is 1. The maximum absolute atomic E-state index is 6.08. The number of aliphatic imine (C=N–C) groups is 1. The zero-order valence-corrected chi connectivity index (χ0v) is 15.2. The van der Waals surface area contributed by atoms with Gasteiger partial charge < -0.3 is 15.4 Å². The molecule has 1 aliphatic carbocycles. The van der Waals surface area contributed by atoms with E-state index in [4.69, 9.17) is 4.74 Å². The van der Waals surface area contributed by atoms with Crippen LogP contribution in [0.2, 0.25) is 0 Å². The van der Waals surface area contributed by atoms with Gasteiger partial charge in [0.2, 0.25) is 0 Å². The fourth-order valence-corrected chi connectivity index (χ4v) is 3.41. The van der Waals surface area contributed by atoms with Gasteiger partial charge in [-0.1, -0.05) is 18.2 Å². The molecule has 0 atom stereocenters. The third kappa shape index (κ3) is 4.51. The summed E-state index contributed by atoms with van der Waals surface area (Å²) in [7, 11) is 1.80. The minimum absolute atomic E-state index is 0.394. The summed E-state index contributed by atoms with van der Waals surface area (Å²) in [4.78, 5) is 6.94. The van der Waals surface area contributed by atoms with E-state index < -0.39 is 0 Å². The van der Waals surface area contributed by atoms with Crippen molar-refractivity contribution in [3.8, 4) is 5.75 Å². The number of thiophene rings is 1. The number of nitrogens with zero attached hydrogens (tertiary/aromatic N) is 1. The van der Waals surface area contributed by atoms with Crippen LogP contribution in [0, 0.1) is 6.92 Å². The van der Waals surface area contributed by atoms with Gasteiger partial charge in [-0.2, -0.15) is 0 Å². The van der Waals surface area contributed by atoms with Gasteiger partial charge in [0.1, 0.15) is 5.75 Å². The first-order valence-electron chi connectivity index (χ1n) is 8.49. The molecule has 0 aliphatic heterocycles. The molecule has 24 heavy (non-hydrogen) atoms. The van der Waals surface area contributed by atoms with E-state index >= 15 is 0 Å². The maximum atomic E-state index is 6.08. The van der Waals surface area contributed by atoms with Crippen LogP contribution in [0.5, 0.6) is 5.75 Å². The number of nitrogens with one attached hydrogen (secondary N) is 2. The highest BCUT2D eigenvalue weighted by Crippen LogP contribution is 2.27. The Morgan fingerprint density at radius 2 is 1.96 bits per heavy atom. The number of guanidine groups is 1. The van der Waals surface area contributed by atoms with Crippen LogP contribution in [0.1, 0.15) is 34.6 Å². The molecule has 3 rings (SSSR count). The summed E-state index contributed by atoms with van der Waals surface area (Å²) in [5.74, 6) is 1.79. The van der Waals surface area contributed by atoms with Gasteiger partial charge in [-0.3, -0.25) is 4.99 Å². The summed E-state index contributed by atoms with van der Waals surface area (Å²) in [6, 6.07) is 12.5. The number of aryl methyl sites for hydroxylation is 1. The molecule has 1 aliphatic rings. The summed E-state index contributed by atoms with van der Waals surface area (Å²) < 4.78 is 6.08. The van der Waals surface area contributed by atoms with Gasteiger partial charge in [-0.05, 0) is 44.4 Å². The van der Waals surface area contributed by atoms with Gasteiger partial charge in [-0.15, -0.1) is 11.3 Å². The van der Waals surface area contributed by atoms with Crippen LogP contribution in [0.15, 0.2) is 41.4 Å². The Bertz CT molecular complexity index is 691. The van der Waals surface area contributed by atoms with Crippen molar-refractivity contribution in [1.29, 1.82) is 0 Å². The van der Waals surface area contributed by atoms with Gasteiger partial charge in [0.05, 0.1) is 12.6 Å².